The third kappa shape index (κ3) is 3.53. The number of rotatable bonds is 6. The molecule has 0 aliphatic carbocycles. The third-order valence-corrected chi connectivity index (χ3v) is 5.28. The van der Waals surface area contributed by atoms with Crippen LogP contribution in [-0.2, 0) is 9.47 Å². The van der Waals surface area contributed by atoms with Gasteiger partial charge in [-0.15, -0.1) is 0 Å². The smallest absolute Gasteiger partial charge is 0.0594 e. The Bertz CT molecular complexity index is 276. The van der Waals surface area contributed by atoms with E-state index in [1.807, 2.05) is 0 Å². The van der Waals surface area contributed by atoms with E-state index < -0.39 is 0 Å². The van der Waals surface area contributed by atoms with Gasteiger partial charge in [0, 0.05) is 37.9 Å². The van der Waals surface area contributed by atoms with E-state index in [1.165, 1.54) is 19.3 Å². The SMILES string of the molecule is CCNC(C1CCOCC1)C(C)(CC)N1CCOCC1. The molecule has 118 valence electrons. The zero-order valence-electron chi connectivity index (χ0n) is 13.5. The van der Waals surface area contributed by atoms with Crippen LogP contribution in [0.1, 0.15) is 40.0 Å². The van der Waals surface area contributed by atoms with Gasteiger partial charge in [0.25, 0.3) is 0 Å². The van der Waals surface area contributed by atoms with Gasteiger partial charge in [-0.1, -0.05) is 13.8 Å². The molecular formula is C16H32N2O2. The second-order valence-corrected chi connectivity index (χ2v) is 6.30. The fraction of sp³-hybridized carbons (Fsp3) is 1.00. The van der Waals surface area contributed by atoms with Gasteiger partial charge in [-0.25, -0.2) is 0 Å². The first-order valence-corrected chi connectivity index (χ1v) is 8.36. The van der Waals surface area contributed by atoms with Crippen LogP contribution in [-0.4, -0.2) is 62.5 Å². The summed E-state index contributed by atoms with van der Waals surface area (Å²) in [6.07, 6.45) is 3.57. The lowest BCUT2D eigenvalue weighted by atomic mass is 9.76. The first-order valence-electron chi connectivity index (χ1n) is 8.36. The number of morpholine rings is 1. The van der Waals surface area contributed by atoms with Crippen LogP contribution in [0.5, 0.6) is 0 Å². The van der Waals surface area contributed by atoms with Crippen molar-refractivity contribution in [3.8, 4) is 0 Å². The van der Waals surface area contributed by atoms with E-state index in [-0.39, 0.29) is 5.54 Å². The third-order valence-electron chi connectivity index (χ3n) is 5.28. The Morgan fingerprint density at radius 2 is 1.70 bits per heavy atom. The van der Waals surface area contributed by atoms with Crippen LogP contribution in [0.3, 0.4) is 0 Å². The van der Waals surface area contributed by atoms with E-state index in [2.05, 4.69) is 31.0 Å². The lowest BCUT2D eigenvalue weighted by molar-refractivity contribution is -0.0521. The fourth-order valence-corrected chi connectivity index (χ4v) is 3.88. The molecule has 2 heterocycles. The molecule has 4 nitrogen and oxygen atoms in total. The predicted octanol–water partition coefficient (Wildman–Crippen LogP) is 1.89. The first kappa shape index (κ1) is 16.2. The molecule has 0 aromatic carbocycles. The molecule has 2 atom stereocenters. The minimum Gasteiger partial charge on any atom is -0.381 e. The molecule has 2 unspecified atom stereocenters. The highest BCUT2D eigenvalue weighted by Crippen LogP contribution is 2.33. The van der Waals surface area contributed by atoms with E-state index in [4.69, 9.17) is 9.47 Å². The molecule has 0 bridgehead atoms. The van der Waals surface area contributed by atoms with Gasteiger partial charge < -0.3 is 14.8 Å². The van der Waals surface area contributed by atoms with Crippen LogP contribution in [0, 0.1) is 5.92 Å². The van der Waals surface area contributed by atoms with Crippen molar-refractivity contribution in [1.29, 1.82) is 0 Å². The second kappa shape index (κ2) is 7.74. The molecule has 0 saturated carbocycles. The fourth-order valence-electron chi connectivity index (χ4n) is 3.88. The van der Waals surface area contributed by atoms with E-state index >= 15 is 0 Å². The molecule has 2 saturated heterocycles. The molecular weight excluding hydrogens is 252 g/mol. The van der Waals surface area contributed by atoms with E-state index in [1.54, 1.807) is 0 Å². The standard InChI is InChI=1S/C16H32N2O2/c1-4-16(3,18-8-12-20-13-9-18)15(17-5-2)14-6-10-19-11-7-14/h14-15,17H,4-13H2,1-3H3. The summed E-state index contributed by atoms with van der Waals surface area (Å²) >= 11 is 0. The van der Waals surface area contributed by atoms with Crippen LogP contribution in [0.15, 0.2) is 0 Å². The largest absolute Gasteiger partial charge is 0.381 e. The zero-order valence-corrected chi connectivity index (χ0v) is 13.5. The Kier molecular flexibility index (Phi) is 6.27. The molecule has 2 aliphatic rings. The van der Waals surface area contributed by atoms with Gasteiger partial charge in [0.15, 0.2) is 0 Å². The van der Waals surface area contributed by atoms with Gasteiger partial charge in [0.2, 0.25) is 0 Å². The summed E-state index contributed by atoms with van der Waals surface area (Å²) in [5.41, 5.74) is 0.224. The van der Waals surface area contributed by atoms with Gasteiger partial charge in [-0.3, -0.25) is 4.90 Å². The maximum absolute atomic E-state index is 5.56. The van der Waals surface area contributed by atoms with Crippen molar-refractivity contribution in [2.45, 2.75) is 51.6 Å². The maximum Gasteiger partial charge on any atom is 0.0594 e. The van der Waals surface area contributed by atoms with Gasteiger partial charge >= 0.3 is 0 Å². The quantitative estimate of drug-likeness (QED) is 0.807. The average Bonchev–Trinajstić information content (AvgIpc) is 2.53. The van der Waals surface area contributed by atoms with E-state index in [0.717, 1.165) is 52.0 Å². The topological polar surface area (TPSA) is 33.7 Å². The Morgan fingerprint density at radius 1 is 1.10 bits per heavy atom. The zero-order chi connectivity index (χ0) is 14.4. The van der Waals surface area contributed by atoms with E-state index in [9.17, 15) is 0 Å². The van der Waals surface area contributed by atoms with Crippen LogP contribution in [0.25, 0.3) is 0 Å². The summed E-state index contributed by atoms with van der Waals surface area (Å²) in [6.45, 7) is 13.8. The molecule has 0 spiro atoms. The minimum atomic E-state index is 0.224. The van der Waals surface area contributed by atoms with Crippen molar-refractivity contribution in [2.75, 3.05) is 46.1 Å². The molecule has 1 N–H and O–H groups in total. The number of nitrogens with zero attached hydrogens (tertiary/aromatic N) is 1. The number of nitrogens with one attached hydrogen (secondary N) is 1. The van der Waals surface area contributed by atoms with Gasteiger partial charge in [-0.2, -0.15) is 0 Å². The summed E-state index contributed by atoms with van der Waals surface area (Å²) in [7, 11) is 0. The Morgan fingerprint density at radius 3 is 2.25 bits per heavy atom. The minimum absolute atomic E-state index is 0.224. The summed E-state index contributed by atoms with van der Waals surface area (Å²) in [5.74, 6) is 0.733. The van der Waals surface area contributed by atoms with Crippen molar-refractivity contribution in [3.05, 3.63) is 0 Å². The van der Waals surface area contributed by atoms with Crippen LogP contribution in [0.4, 0.5) is 0 Å². The summed E-state index contributed by atoms with van der Waals surface area (Å²) in [5, 5.41) is 3.80. The van der Waals surface area contributed by atoms with Crippen LogP contribution >= 0.6 is 0 Å². The number of hydrogen-bond acceptors (Lipinski definition) is 4. The van der Waals surface area contributed by atoms with E-state index in [0.29, 0.717) is 6.04 Å². The maximum atomic E-state index is 5.56. The summed E-state index contributed by atoms with van der Waals surface area (Å²) in [4.78, 5) is 2.65. The summed E-state index contributed by atoms with van der Waals surface area (Å²) in [6, 6.07) is 0.555. The first-order chi connectivity index (χ1) is 9.72. The van der Waals surface area contributed by atoms with Crippen molar-refractivity contribution in [2.24, 2.45) is 5.92 Å². The van der Waals surface area contributed by atoms with Crippen molar-refractivity contribution >= 4 is 0 Å². The summed E-state index contributed by atoms with van der Waals surface area (Å²) < 4.78 is 11.1. The highest BCUT2D eigenvalue weighted by atomic mass is 16.5. The molecule has 0 aromatic rings. The normalized spacial score (nSPS) is 27.1. The number of ether oxygens (including phenoxy) is 2. The lowest BCUT2D eigenvalue weighted by Crippen LogP contribution is -2.64. The number of likely N-dealkylation sites (N-methyl/N-ethyl adjacent to an activating group) is 1. The monoisotopic (exact) mass is 284 g/mol. The predicted molar refractivity (Wildman–Crippen MR) is 82.1 cm³/mol. The Hall–Kier alpha value is -0.160. The van der Waals surface area contributed by atoms with Crippen molar-refractivity contribution in [3.63, 3.8) is 0 Å². The molecule has 2 aliphatic heterocycles. The van der Waals surface area contributed by atoms with Gasteiger partial charge in [0.05, 0.1) is 13.2 Å². The van der Waals surface area contributed by atoms with Crippen LogP contribution < -0.4 is 5.32 Å². The number of hydrogen-bond donors (Lipinski definition) is 1. The Balaban J connectivity index is 2.13. The highest BCUT2D eigenvalue weighted by molar-refractivity contribution is 5.00. The molecule has 0 radical (unpaired) electrons. The van der Waals surface area contributed by atoms with Crippen molar-refractivity contribution < 1.29 is 9.47 Å². The van der Waals surface area contributed by atoms with Gasteiger partial charge in [-0.05, 0) is 38.6 Å². The average molecular weight is 284 g/mol. The van der Waals surface area contributed by atoms with Crippen LogP contribution in [0.2, 0.25) is 0 Å². The highest BCUT2D eigenvalue weighted by Gasteiger charge is 2.42. The lowest BCUT2D eigenvalue weighted by Gasteiger charge is -2.51. The molecule has 20 heavy (non-hydrogen) atoms. The van der Waals surface area contributed by atoms with Crippen molar-refractivity contribution in [1.82, 2.24) is 10.2 Å². The Labute approximate surface area is 124 Å². The second-order valence-electron chi connectivity index (χ2n) is 6.30. The molecule has 0 aromatic heterocycles. The molecule has 4 heteroatoms. The molecule has 2 fully saturated rings. The molecule has 2 rings (SSSR count). The molecule has 0 amide bonds. The van der Waals surface area contributed by atoms with Gasteiger partial charge in [0.1, 0.15) is 0 Å².